The molecule has 0 aromatic heterocycles. The molecule has 2 unspecified atom stereocenters. The van der Waals surface area contributed by atoms with E-state index in [1.807, 2.05) is 6.92 Å². The fraction of sp³-hybridized carbons (Fsp3) is 1.00. The first kappa shape index (κ1) is 15.9. The second-order valence-corrected chi connectivity index (χ2v) is 5.28. The first-order chi connectivity index (χ1) is 8.62. The SMILES string of the molecule is COCC(C)OCC(O)CNC1(CO)CCCC1. The summed E-state index contributed by atoms with van der Waals surface area (Å²) in [5, 5.41) is 22.5. The number of nitrogens with one attached hydrogen (secondary N) is 1. The van der Waals surface area contributed by atoms with Crippen LogP contribution in [0.2, 0.25) is 0 Å². The molecule has 18 heavy (non-hydrogen) atoms. The Labute approximate surface area is 109 Å². The van der Waals surface area contributed by atoms with Gasteiger partial charge in [0, 0.05) is 19.2 Å². The van der Waals surface area contributed by atoms with Gasteiger partial charge in [-0.15, -0.1) is 0 Å². The van der Waals surface area contributed by atoms with Crippen molar-refractivity contribution >= 4 is 0 Å². The molecule has 1 rings (SSSR count). The van der Waals surface area contributed by atoms with Crippen molar-refractivity contribution in [3.8, 4) is 0 Å². The van der Waals surface area contributed by atoms with Gasteiger partial charge in [-0.25, -0.2) is 0 Å². The Bertz CT molecular complexity index is 219. The van der Waals surface area contributed by atoms with Gasteiger partial charge in [-0.05, 0) is 19.8 Å². The highest BCUT2D eigenvalue weighted by Gasteiger charge is 2.32. The molecule has 0 amide bonds. The van der Waals surface area contributed by atoms with E-state index in [9.17, 15) is 10.2 Å². The molecule has 0 saturated heterocycles. The lowest BCUT2D eigenvalue weighted by molar-refractivity contribution is -0.0334. The van der Waals surface area contributed by atoms with Crippen molar-refractivity contribution in [1.82, 2.24) is 5.32 Å². The average molecular weight is 261 g/mol. The summed E-state index contributed by atoms with van der Waals surface area (Å²) in [5.74, 6) is 0. The van der Waals surface area contributed by atoms with Crippen molar-refractivity contribution in [2.24, 2.45) is 0 Å². The number of aliphatic hydroxyl groups is 2. The summed E-state index contributed by atoms with van der Waals surface area (Å²) < 4.78 is 10.4. The third kappa shape index (κ3) is 5.20. The van der Waals surface area contributed by atoms with Crippen molar-refractivity contribution in [2.45, 2.75) is 50.4 Å². The Morgan fingerprint density at radius 2 is 1.94 bits per heavy atom. The smallest absolute Gasteiger partial charge is 0.0898 e. The summed E-state index contributed by atoms with van der Waals surface area (Å²) in [6.07, 6.45) is 3.70. The third-order valence-electron chi connectivity index (χ3n) is 3.55. The van der Waals surface area contributed by atoms with E-state index in [1.54, 1.807) is 7.11 Å². The van der Waals surface area contributed by atoms with Crippen LogP contribution in [-0.4, -0.2) is 61.4 Å². The number of hydrogen-bond acceptors (Lipinski definition) is 5. The van der Waals surface area contributed by atoms with Crippen LogP contribution in [0.3, 0.4) is 0 Å². The first-order valence-corrected chi connectivity index (χ1v) is 6.76. The van der Waals surface area contributed by atoms with E-state index in [4.69, 9.17) is 9.47 Å². The van der Waals surface area contributed by atoms with Crippen LogP contribution in [0, 0.1) is 0 Å². The van der Waals surface area contributed by atoms with Crippen LogP contribution in [0.15, 0.2) is 0 Å². The molecular weight excluding hydrogens is 234 g/mol. The van der Waals surface area contributed by atoms with Crippen LogP contribution in [0.4, 0.5) is 0 Å². The van der Waals surface area contributed by atoms with Gasteiger partial charge in [0.25, 0.3) is 0 Å². The molecule has 108 valence electrons. The second kappa shape index (κ2) is 8.07. The van der Waals surface area contributed by atoms with Crippen LogP contribution in [-0.2, 0) is 9.47 Å². The number of hydrogen-bond donors (Lipinski definition) is 3. The monoisotopic (exact) mass is 261 g/mol. The average Bonchev–Trinajstić information content (AvgIpc) is 2.84. The predicted octanol–water partition coefficient (Wildman–Crippen LogP) is 0.294. The summed E-state index contributed by atoms with van der Waals surface area (Å²) in [7, 11) is 1.63. The molecule has 1 saturated carbocycles. The van der Waals surface area contributed by atoms with Gasteiger partial charge in [-0.2, -0.15) is 0 Å². The standard InChI is InChI=1S/C13H27NO4/c1-11(8-17-2)18-9-12(16)7-14-13(10-15)5-3-4-6-13/h11-12,14-16H,3-10H2,1-2H3. The molecule has 1 aliphatic carbocycles. The minimum atomic E-state index is -0.548. The van der Waals surface area contributed by atoms with E-state index in [0.717, 1.165) is 25.7 Å². The second-order valence-electron chi connectivity index (χ2n) is 5.28. The van der Waals surface area contributed by atoms with Gasteiger partial charge in [0.2, 0.25) is 0 Å². The highest BCUT2D eigenvalue weighted by atomic mass is 16.5. The summed E-state index contributed by atoms with van der Waals surface area (Å²) in [6.45, 7) is 3.33. The molecule has 5 heteroatoms. The Morgan fingerprint density at radius 3 is 2.50 bits per heavy atom. The highest BCUT2D eigenvalue weighted by Crippen LogP contribution is 2.28. The first-order valence-electron chi connectivity index (χ1n) is 6.76. The van der Waals surface area contributed by atoms with Gasteiger partial charge < -0.3 is 25.0 Å². The molecule has 0 aromatic carbocycles. The molecule has 1 fully saturated rings. The van der Waals surface area contributed by atoms with Gasteiger partial charge in [0.05, 0.1) is 32.0 Å². The van der Waals surface area contributed by atoms with Gasteiger partial charge in [0.15, 0.2) is 0 Å². The lowest BCUT2D eigenvalue weighted by Crippen LogP contribution is -2.49. The largest absolute Gasteiger partial charge is 0.394 e. The lowest BCUT2D eigenvalue weighted by Gasteiger charge is -2.29. The Morgan fingerprint density at radius 1 is 1.28 bits per heavy atom. The Balaban J connectivity index is 2.17. The molecule has 0 radical (unpaired) electrons. The zero-order valence-electron chi connectivity index (χ0n) is 11.5. The van der Waals surface area contributed by atoms with Crippen molar-refractivity contribution in [1.29, 1.82) is 0 Å². The molecule has 1 aliphatic rings. The Hall–Kier alpha value is -0.200. The van der Waals surface area contributed by atoms with Crippen LogP contribution in [0.1, 0.15) is 32.6 Å². The molecule has 0 spiro atoms. The minimum absolute atomic E-state index is 0.0112. The fourth-order valence-electron chi connectivity index (χ4n) is 2.39. The molecule has 5 nitrogen and oxygen atoms in total. The molecule has 0 heterocycles. The van der Waals surface area contributed by atoms with Crippen LogP contribution < -0.4 is 5.32 Å². The summed E-state index contributed by atoms with van der Waals surface area (Å²) >= 11 is 0. The quantitative estimate of drug-likeness (QED) is 0.556. The van der Waals surface area contributed by atoms with E-state index >= 15 is 0 Å². The fourth-order valence-corrected chi connectivity index (χ4v) is 2.39. The van der Waals surface area contributed by atoms with E-state index in [0.29, 0.717) is 19.8 Å². The number of rotatable bonds is 9. The van der Waals surface area contributed by atoms with E-state index < -0.39 is 6.10 Å². The third-order valence-corrected chi connectivity index (χ3v) is 3.55. The Kier molecular flexibility index (Phi) is 7.11. The maximum absolute atomic E-state index is 9.83. The molecule has 0 aromatic rings. The van der Waals surface area contributed by atoms with E-state index in [1.165, 1.54) is 0 Å². The zero-order valence-corrected chi connectivity index (χ0v) is 11.5. The van der Waals surface area contributed by atoms with Crippen molar-refractivity contribution in [2.75, 3.05) is 33.5 Å². The molecule has 0 bridgehead atoms. The van der Waals surface area contributed by atoms with Gasteiger partial charge in [0.1, 0.15) is 0 Å². The van der Waals surface area contributed by atoms with E-state index in [-0.39, 0.29) is 18.2 Å². The van der Waals surface area contributed by atoms with Crippen molar-refractivity contribution in [3.63, 3.8) is 0 Å². The van der Waals surface area contributed by atoms with Gasteiger partial charge in [-0.3, -0.25) is 0 Å². The number of ether oxygens (including phenoxy) is 2. The molecule has 2 atom stereocenters. The predicted molar refractivity (Wildman–Crippen MR) is 69.6 cm³/mol. The molecular formula is C13H27NO4. The van der Waals surface area contributed by atoms with Crippen molar-refractivity contribution < 1.29 is 19.7 Å². The van der Waals surface area contributed by atoms with Gasteiger partial charge in [-0.1, -0.05) is 12.8 Å². The lowest BCUT2D eigenvalue weighted by atomic mass is 9.99. The summed E-state index contributed by atoms with van der Waals surface area (Å²) in [6, 6.07) is 0. The zero-order chi connectivity index (χ0) is 13.4. The van der Waals surface area contributed by atoms with Crippen LogP contribution >= 0.6 is 0 Å². The minimum Gasteiger partial charge on any atom is -0.394 e. The normalized spacial score (nSPS) is 22.0. The highest BCUT2D eigenvalue weighted by molar-refractivity contribution is 4.92. The van der Waals surface area contributed by atoms with E-state index in [2.05, 4.69) is 5.32 Å². The maximum atomic E-state index is 9.83. The maximum Gasteiger partial charge on any atom is 0.0898 e. The topological polar surface area (TPSA) is 71.0 Å². The number of β-amino-alcohol motifs (C(OH)–C–C–N with tert-alkyl or cyclic N) is 1. The molecule has 3 N–H and O–H groups in total. The summed E-state index contributed by atoms with van der Waals surface area (Å²) in [4.78, 5) is 0. The number of methoxy groups -OCH3 is 1. The summed E-state index contributed by atoms with van der Waals surface area (Å²) in [5.41, 5.74) is -0.181. The molecule has 0 aliphatic heterocycles. The van der Waals surface area contributed by atoms with Crippen molar-refractivity contribution in [3.05, 3.63) is 0 Å². The number of aliphatic hydroxyl groups excluding tert-OH is 2. The van der Waals surface area contributed by atoms with Crippen LogP contribution in [0.25, 0.3) is 0 Å². The van der Waals surface area contributed by atoms with Gasteiger partial charge >= 0.3 is 0 Å². The van der Waals surface area contributed by atoms with Crippen LogP contribution in [0.5, 0.6) is 0 Å².